The fourth-order valence-corrected chi connectivity index (χ4v) is 4.35. The van der Waals surface area contributed by atoms with Crippen LogP contribution < -0.4 is 0 Å². The van der Waals surface area contributed by atoms with Crippen molar-refractivity contribution >= 4 is 20.2 Å². The molecule has 26 heteroatoms. The average Bonchev–Trinajstić information content (AvgIpc) is 2.62. The van der Waals surface area contributed by atoms with Gasteiger partial charge in [-0.25, -0.2) is 8.78 Å². The smallest absolute Gasteiger partial charge is 0.396 e. The lowest BCUT2D eigenvalue weighted by Gasteiger charge is -2.52. The number of hydrogen-bond donors (Lipinski definition) is 4. The van der Waals surface area contributed by atoms with Crippen molar-refractivity contribution < 1.29 is 106 Å². The van der Waals surface area contributed by atoms with E-state index in [4.69, 9.17) is 14.2 Å². The Bertz CT molecular complexity index is 1080. The van der Waals surface area contributed by atoms with Gasteiger partial charge in [0.2, 0.25) is 0 Å². The Morgan fingerprint density at radius 1 is 0.541 bits per heavy atom. The number of halogens is 16. The third kappa shape index (κ3) is 4.29. The van der Waals surface area contributed by atoms with E-state index in [1.807, 2.05) is 0 Å². The van der Waals surface area contributed by atoms with E-state index in [9.17, 15) is 83.4 Å². The molecule has 0 aromatic heterocycles. The van der Waals surface area contributed by atoms with Crippen molar-refractivity contribution in [3.8, 4) is 0 Å². The summed E-state index contributed by atoms with van der Waals surface area (Å²) < 4.78 is 278. The van der Waals surface area contributed by atoms with Gasteiger partial charge in [0.1, 0.15) is 0 Å². The summed E-state index contributed by atoms with van der Waals surface area (Å²) in [6.07, 6.45) is -20.5. The summed E-state index contributed by atoms with van der Waals surface area (Å²) in [4.78, 5) is 0. The zero-order chi connectivity index (χ0) is 30.9. The van der Waals surface area contributed by atoms with Gasteiger partial charge < -0.3 is 10.2 Å². The number of rotatable bonds is 10. The maximum atomic E-state index is 15.1. The van der Waals surface area contributed by atoms with E-state index in [1.165, 1.54) is 0 Å². The first-order valence-electron chi connectivity index (χ1n) is 7.86. The topological polar surface area (TPSA) is 149 Å². The molecule has 0 aliphatic rings. The Morgan fingerprint density at radius 2 is 0.892 bits per heavy atom. The van der Waals surface area contributed by atoms with Crippen LogP contribution in [0, 0.1) is 0 Å². The standard InChI is InChI=1S/C11H8F16O8S2/c12-4(9(20,21)22,5(13,14)11(26,27)37(33,34)35)3(29,1-2-28)8(19,36(30,31)32)6(15,16)7(17,18)10(23,24)25/h28-29H,1-2H2,(H,30,31,32)(H,33,34,35). The predicted octanol–water partition coefficient (Wildman–Crippen LogP) is 2.87. The van der Waals surface area contributed by atoms with Gasteiger partial charge in [-0.15, -0.1) is 0 Å². The molecule has 0 heterocycles. The molecule has 0 saturated heterocycles. The summed E-state index contributed by atoms with van der Waals surface area (Å²) in [5, 5.41) is 1.46. The molecule has 3 unspecified atom stereocenters. The van der Waals surface area contributed by atoms with Gasteiger partial charge >= 0.3 is 66.3 Å². The van der Waals surface area contributed by atoms with Gasteiger partial charge in [0.15, 0.2) is 5.60 Å². The fourth-order valence-electron chi connectivity index (χ4n) is 2.77. The van der Waals surface area contributed by atoms with Crippen molar-refractivity contribution in [3.63, 3.8) is 0 Å². The van der Waals surface area contributed by atoms with Crippen molar-refractivity contribution in [2.45, 2.75) is 58.1 Å². The fraction of sp³-hybridized carbons (Fsp3) is 1.00. The maximum absolute atomic E-state index is 15.1. The molecule has 3 atom stereocenters. The Kier molecular flexibility index (Phi) is 8.49. The normalized spacial score (nSPS) is 20.6. The van der Waals surface area contributed by atoms with Gasteiger partial charge in [0.25, 0.3) is 0 Å². The molecule has 0 aliphatic heterocycles. The van der Waals surface area contributed by atoms with Crippen LogP contribution in [0.3, 0.4) is 0 Å². The molecule has 37 heavy (non-hydrogen) atoms. The van der Waals surface area contributed by atoms with Crippen LogP contribution in [0.25, 0.3) is 0 Å². The van der Waals surface area contributed by atoms with Crippen molar-refractivity contribution in [1.82, 2.24) is 0 Å². The van der Waals surface area contributed by atoms with Crippen LogP contribution in [-0.2, 0) is 20.2 Å². The number of alkyl halides is 16. The highest BCUT2D eigenvalue weighted by molar-refractivity contribution is 7.87. The summed E-state index contributed by atoms with van der Waals surface area (Å²) in [6, 6.07) is 0. The second-order valence-corrected chi connectivity index (χ2v) is 9.75. The van der Waals surface area contributed by atoms with Crippen LogP contribution in [0.1, 0.15) is 6.42 Å². The van der Waals surface area contributed by atoms with E-state index < -0.39 is 84.9 Å². The number of aliphatic hydroxyl groups is 2. The Balaban J connectivity index is 8.58. The molecule has 0 amide bonds. The second-order valence-electron chi connectivity index (χ2n) is 6.77. The minimum Gasteiger partial charge on any atom is -0.396 e. The van der Waals surface area contributed by atoms with E-state index >= 15 is 8.78 Å². The highest BCUT2D eigenvalue weighted by Gasteiger charge is 2.99. The third-order valence-corrected chi connectivity index (χ3v) is 6.81. The molecule has 0 aromatic carbocycles. The number of aliphatic hydroxyl groups excluding tert-OH is 1. The van der Waals surface area contributed by atoms with Crippen LogP contribution in [0.2, 0.25) is 0 Å². The van der Waals surface area contributed by atoms with Gasteiger partial charge in [0, 0.05) is 13.0 Å². The summed E-state index contributed by atoms with van der Waals surface area (Å²) in [5.41, 5.74) is -16.6. The highest BCUT2D eigenvalue weighted by atomic mass is 32.2. The molecule has 224 valence electrons. The molecular formula is C11H8F16O8S2. The second kappa shape index (κ2) is 8.82. The van der Waals surface area contributed by atoms with E-state index in [1.54, 1.807) is 0 Å². The number of hydrogen-bond acceptors (Lipinski definition) is 6. The molecule has 0 aromatic rings. The molecule has 8 nitrogen and oxygen atoms in total. The lowest BCUT2D eigenvalue weighted by molar-refractivity contribution is -0.425. The van der Waals surface area contributed by atoms with Crippen LogP contribution in [0.5, 0.6) is 0 Å². The first-order chi connectivity index (χ1) is 15.6. The van der Waals surface area contributed by atoms with Crippen LogP contribution in [0.4, 0.5) is 70.2 Å². The molecule has 0 radical (unpaired) electrons. The monoisotopic (exact) mass is 636 g/mol. The molecular weight excluding hydrogens is 628 g/mol. The zero-order valence-electron chi connectivity index (χ0n) is 16.2. The van der Waals surface area contributed by atoms with Gasteiger partial charge in [-0.3, -0.25) is 9.11 Å². The van der Waals surface area contributed by atoms with Crippen molar-refractivity contribution in [3.05, 3.63) is 0 Å². The van der Waals surface area contributed by atoms with Gasteiger partial charge in [-0.1, -0.05) is 0 Å². The molecule has 0 fully saturated rings. The summed E-state index contributed by atoms with van der Waals surface area (Å²) in [5.74, 6) is -26.1. The van der Waals surface area contributed by atoms with Crippen molar-refractivity contribution in [1.29, 1.82) is 0 Å². The van der Waals surface area contributed by atoms with Crippen LogP contribution >= 0.6 is 0 Å². The largest absolute Gasteiger partial charge is 0.460 e. The van der Waals surface area contributed by atoms with E-state index in [0.29, 0.717) is 0 Å². The first-order valence-corrected chi connectivity index (χ1v) is 10.7. The van der Waals surface area contributed by atoms with E-state index in [2.05, 4.69) is 0 Å². The van der Waals surface area contributed by atoms with Crippen molar-refractivity contribution in [2.75, 3.05) is 6.61 Å². The SMILES string of the molecule is O=S(=O)(O)C(F)(F)C(F)(F)C(F)(C(F)(F)F)C(O)(CCO)C(F)(C(F)(F)C(F)(F)C(F)(F)F)S(=O)(=O)O. The molecule has 4 N–H and O–H groups in total. The minimum absolute atomic E-state index is 3.05. The molecule has 0 bridgehead atoms. The van der Waals surface area contributed by atoms with Gasteiger partial charge in [0.05, 0.1) is 0 Å². The van der Waals surface area contributed by atoms with Gasteiger partial charge in [-0.05, 0) is 0 Å². The highest BCUT2D eigenvalue weighted by Crippen LogP contribution is 2.67. The predicted molar refractivity (Wildman–Crippen MR) is 79.3 cm³/mol. The molecule has 0 aliphatic carbocycles. The quantitative estimate of drug-likeness (QED) is 0.212. The van der Waals surface area contributed by atoms with E-state index in [-0.39, 0.29) is 0 Å². The molecule has 0 saturated carbocycles. The minimum atomic E-state index is -8.82. The lowest BCUT2D eigenvalue weighted by Crippen LogP contribution is -2.85. The summed E-state index contributed by atoms with van der Waals surface area (Å²) in [6.45, 7) is -3.05. The zero-order valence-corrected chi connectivity index (χ0v) is 17.8. The summed E-state index contributed by atoms with van der Waals surface area (Å²) in [7, 11) is -17.0. The van der Waals surface area contributed by atoms with Crippen LogP contribution in [-0.4, -0.2) is 94.4 Å². The van der Waals surface area contributed by atoms with Crippen molar-refractivity contribution in [2.24, 2.45) is 0 Å². The summed E-state index contributed by atoms with van der Waals surface area (Å²) >= 11 is 0. The van der Waals surface area contributed by atoms with Crippen LogP contribution in [0.15, 0.2) is 0 Å². The Labute approximate surface area is 192 Å². The first kappa shape index (κ1) is 35.6. The average molecular weight is 636 g/mol. The molecule has 0 spiro atoms. The maximum Gasteiger partial charge on any atom is 0.460 e. The Hall–Kier alpha value is -1.38. The lowest BCUT2D eigenvalue weighted by atomic mass is 9.70. The Morgan fingerprint density at radius 3 is 1.11 bits per heavy atom. The van der Waals surface area contributed by atoms with E-state index in [0.717, 1.165) is 0 Å². The third-order valence-electron chi connectivity index (χ3n) is 4.60. The van der Waals surface area contributed by atoms with Gasteiger partial charge in [-0.2, -0.15) is 78.3 Å². The molecule has 0 rings (SSSR count).